The zero-order valence-corrected chi connectivity index (χ0v) is 19.7. The SMILES string of the molecule is COc1ccc(CSCC(=O)N/N=C\c2ccc(OCC(=O)NCc3ccccc3)cc2)cc1. The van der Waals surface area contributed by atoms with Gasteiger partial charge in [0.15, 0.2) is 6.61 Å². The molecule has 0 unspecified atom stereocenters. The summed E-state index contributed by atoms with van der Waals surface area (Å²) in [6.45, 7) is 0.397. The van der Waals surface area contributed by atoms with Gasteiger partial charge in [0, 0.05) is 12.3 Å². The van der Waals surface area contributed by atoms with Crippen molar-refractivity contribution < 1.29 is 19.1 Å². The maximum atomic E-state index is 11.9. The number of hydrogen-bond acceptors (Lipinski definition) is 6. The molecule has 0 aliphatic rings. The van der Waals surface area contributed by atoms with E-state index < -0.39 is 0 Å². The second kappa shape index (κ2) is 13.7. The van der Waals surface area contributed by atoms with Crippen LogP contribution in [0.1, 0.15) is 16.7 Å². The summed E-state index contributed by atoms with van der Waals surface area (Å²) in [6, 6.07) is 24.5. The highest BCUT2D eigenvalue weighted by Gasteiger charge is 2.04. The fourth-order valence-electron chi connectivity index (χ4n) is 2.84. The molecule has 0 radical (unpaired) electrons. The number of thioether (sulfide) groups is 1. The van der Waals surface area contributed by atoms with Crippen molar-refractivity contribution in [1.82, 2.24) is 10.7 Å². The molecule has 176 valence electrons. The molecule has 0 saturated heterocycles. The van der Waals surface area contributed by atoms with Crippen LogP contribution >= 0.6 is 11.8 Å². The van der Waals surface area contributed by atoms with Gasteiger partial charge in [-0.3, -0.25) is 9.59 Å². The Morgan fingerprint density at radius 1 is 0.882 bits per heavy atom. The zero-order valence-electron chi connectivity index (χ0n) is 18.9. The number of rotatable bonds is 12. The molecule has 0 aliphatic heterocycles. The molecule has 2 N–H and O–H groups in total. The minimum atomic E-state index is -0.193. The summed E-state index contributed by atoms with van der Waals surface area (Å²) in [7, 11) is 1.63. The minimum Gasteiger partial charge on any atom is -0.497 e. The lowest BCUT2D eigenvalue weighted by atomic mass is 10.2. The Kier molecular flexibility index (Phi) is 10.0. The zero-order chi connectivity index (χ0) is 24.0. The normalized spacial score (nSPS) is 10.6. The largest absolute Gasteiger partial charge is 0.497 e. The molecule has 0 heterocycles. The molecule has 3 rings (SSSR count). The summed E-state index contributed by atoms with van der Waals surface area (Å²) < 4.78 is 10.6. The van der Waals surface area contributed by atoms with Crippen LogP contribution in [0.4, 0.5) is 0 Å². The second-order valence-electron chi connectivity index (χ2n) is 7.25. The first-order chi connectivity index (χ1) is 16.6. The van der Waals surface area contributed by atoms with Crippen molar-refractivity contribution in [2.75, 3.05) is 19.5 Å². The van der Waals surface area contributed by atoms with Crippen molar-refractivity contribution >= 4 is 29.8 Å². The van der Waals surface area contributed by atoms with Crippen LogP contribution < -0.4 is 20.2 Å². The first kappa shape index (κ1) is 24.9. The van der Waals surface area contributed by atoms with E-state index in [1.807, 2.05) is 54.6 Å². The number of nitrogens with one attached hydrogen (secondary N) is 2. The first-order valence-electron chi connectivity index (χ1n) is 10.7. The van der Waals surface area contributed by atoms with Crippen molar-refractivity contribution in [3.8, 4) is 11.5 Å². The van der Waals surface area contributed by atoms with Crippen molar-refractivity contribution in [3.05, 3.63) is 95.6 Å². The smallest absolute Gasteiger partial charge is 0.258 e. The number of benzene rings is 3. The maximum absolute atomic E-state index is 11.9. The molecular weight excluding hydrogens is 450 g/mol. The van der Waals surface area contributed by atoms with Gasteiger partial charge in [-0.25, -0.2) is 5.43 Å². The summed E-state index contributed by atoms with van der Waals surface area (Å²) in [5.74, 6) is 2.06. The van der Waals surface area contributed by atoms with Crippen LogP contribution in [-0.2, 0) is 21.9 Å². The highest BCUT2D eigenvalue weighted by Crippen LogP contribution is 2.16. The van der Waals surface area contributed by atoms with E-state index in [-0.39, 0.29) is 18.4 Å². The molecule has 3 aromatic carbocycles. The molecule has 7 nitrogen and oxygen atoms in total. The third-order valence-electron chi connectivity index (χ3n) is 4.65. The van der Waals surface area contributed by atoms with Crippen LogP contribution in [0.3, 0.4) is 0 Å². The molecule has 2 amide bonds. The van der Waals surface area contributed by atoms with Crippen LogP contribution in [0.5, 0.6) is 11.5 Å². The first-order valence-corrected chi connectivity index (χ1v) is 11.8. The fraction of sp³-hybridized carbons (Fsp3) is 0.192. The van der Waals surface area contributed by atoms with Gasteiger partial charge in [0.1, 0.15) is 11.5 Å². The minimum absolute atomic E-state index is 0.0650. The fourth-order valence-corrected chi connectivity index (χ4v) is 3.62. The monoisotopic (exact) mass is 477 g/mol. The van der Waals surface area contributed by atoms with Gasteiger partial charge < -0.3 is 14.8 Å². The molecular formula is C26H27N3O4S. The summed E-state index contributed by atoms with van der Waals surface area (Å²) in [5.41, 5.74) is 5.47. The molecule has 0 fully saturated rings. The van der Waals surface area contributed by atoms with Gasteiger partial charge in [-0.15, -0.1) is 11.8 Å². The summed E-state index contributed by atoms with van der Waals surface area (Å²) in [5, 5.41) is 6.80. The van der Waals surface area contributed by atoms with Crippen LogP contribution in [-0.4, -0.2) is 37.5 Å². The lowest BCUT2D eigenvalue weighted by Crippen LogP contribution is -2.28. The third-order valence-corrected chi connectivity index (χ3v) is 5.65. The number of hydrazone groups is 1. The van der Waals surface area contributed by atoms with Crippen molar-refractivity contribution in [2.24, 2.45) is 5.10 Å². The van der Waals surface area contributed by atoms with E-state index in [2.05, 4.69) is 15.8 Å². The van der Waals surface area contributed by atoms with Gasteiger partial charge in [-0.1, -0.05) is 42.5 Å². The highest BCUT2D eigenvalue weighted by molar-refractivity contribution is 7.99. The second-order valence-corrected chi connectivity index (χ2v) is 8.24. The van der Waals surface area contributed by atoms with Gasteiger partial charge in [-0.05, 0) is 53.1 Å². The Morgan fingerprint density at radius 2 is 1.59 bits per heavy atom. The van der Waals surface area contributed by atoms with Gasteiger partial charge in [-0.2, -0.15) is 5.10 Å². The van der Waals surface area contributed by atoms with E-state index in [1.54, 1.807) is 37.6 Å². The number of hydrogen-bond donors (Lipinski definition) is 2. The average molecular weight is 478 g/mol. The molecule has 0 aliphatic carbocycles. The Bertz CT molecular complexity index is 1070. The lowest BCUT2D eigenvalue weighted by Gasteiger charge is -2.08. The Labute approximate surface area is 203 Å². The molecule has 0 saturated carbocycles. The molecule has 0 aromatic heterocycles. The Hall–Kier alpha value is -3.78. The predicted octanol–water partition coefficient (Wildman–Crippen LogP) is 3.77. The van der Waals surface area contributed by atoms with Crippen LogP contribution in [0.2, 0.25) is 0 Å². The molecule has 0 bridgehead atoms. The average Bonchev–Trinajstić information content (AvgIpc) is 2.88. The van der Waals surface area contributed by atoms with E-state index in [1.165, 1.54) is 11.8 Å². The lowest BCUT2D eigenvalue weighted by molar-refractivity contribution is -0.123. The molecule has 3 aromatic rings. The van der Waals surface area contributed by atoms with Gasteiger partial charge in [0.2, 0.25) is 5.91 Å². The Morgan fingerprint density at radius 3 is 2.29 bits per heavy atom. The van der Waals surface area contributed by atoms with Gasteiger partial charge in [0.25, 0.3) is 5.91 Å². The van der Waals surface area contributed by atoms with Crippen molar-refractivity contribution in [2.45, 2.75) is 12.3 Å². The van der Waals surface area contributed by atoms with Gasteiger partial charge in [0.05, 0.1) is 19.1 Å². The number of carbonyl (C=O) groups is 2. The molecule has 0 spiro atoms. The van der Waals surface area contributed by atoms with Gasteiger partial charge >= 0.3 is 0 Å². The Balaban J connectivity index is 1.32. The molecule has 8 heteroatoms. The van der Waals surface area contributed by atoms with Crippen LogP contribution in [0.25, 0.3) is 0 Å². The van der Waals surface area contributed by atoms with Crippen LogP contribution in [0, 0.1) is 0 Å². The highest BCUT2D eigenvalue weighted by atomic mass is 32.2. The number of ether oxygens (including phenoxy) is 2. The van der Waals surface area contributed by atoms with Crippen LogP contribution in [0.15, 0.2) is 84.0 Å². The van der Waals surface area contributed by atoms with E-state index in [0.29, 0.717) is 18.0 Å². The number of amides is 2. The van der Waals surface area contributed by atoms with Crippen molar-refractivity contribution in [3.63, 3.8) is 0 Å². The number of methoxy groups -OCH3 is 1. The van der Waals surface area contributed by atoms with E-state index in [9.17, 15) is 9.59 Å². The predicted molar refractivity (Wildman–Crippen MR) is 135 cm³/mol. The molecule has 34 heavy (non-hydrogen) atoms. The topological polar surface area (TPSA) is 89.0 Å². The van der Waals surface area contributed by atoms with E-state index in [0.717, 1.165) is 28.2 Å². The number of carbonyl (C=O) groups excluding carboxylic acids is 2. The summed E-state index contributed by atoms with van der Waals surface area (Å²) in [4.78, 5) is 23.9. The molecule has 0 atom stereocenters. The summed E-state index contributed by atoms with van der Waals surface area (Å²) in [6.07, 6.45) is 1.56. The van der Waals surface area contributed by atoms with Crippen molar-refractivity contribution in [1.29, 1.82) is 0 Å². The van der Waals surface area contributed by atoms with E-state index >= 15 is 0 Å². The standard InChI is InChI=1S/C26H27N3O4S/c1-32-23-11-9-22(10-12-23)18-34-19-26(31)29-28-16-21-7-13-24(14-8-21)33-17-25(30)27-15-20-5-3-2-4-6-20/h2-14,16H,15,17-19H2,1H3,(H,27,30)(H,29,31)/b28-16-. The summed E-state index contributed by atoms with van der Waals surface area (Å²) >= 11 is 1.51. The quantitative estimate of drug-likeness (QED) is 0.306. The number of nitrogens with zero attached hydrogens (tertiary/aromatic N) is 1. The third kappa shape index (κ3) is 8.99. The van der Waals surface area contributed by atoms with E-state index in [4.69, 9.17) is 9.47 Å². The maximum Gasteiger partial charge on any atom is 0.258 e.